The second-order valence-corrected chi connectivity index (χ2v) is 5.39. The van der Waals surface area contributed by atoms with Crippen molar-refractivity contribution in [2.45, 2.75) is 19.9 Å². The molecule has 3 rings (SSSR count). The van der Waals surface area contributed by atoms with Crippen molar-refractivity contribution in [3.05, 3.63) is 54.2 Å². The molecule has 0 saturated carbocycles. The van der Waals surface area contributed by atoms with E-state index in [1.807, 2.05) is 36.4 Å². The van der Waals surface area contributed by atoms with Gasteiger partial charge in [-0.25, -0.2) is 4.98 Å². The van der Waals surface area contributed by atoms with Crippen LogP contribution in [-0.4, -0.2) is 30.6 Å². The van der Waals surface area contributed by atoms with Gasteiger partial charge in [0.05, 0.1) is 16.4 Å². The number of nitrogens with zero attached hydrogens (tertiary/aromatic N) is 4. The second kappa shape index (κ2) is 7.46. The van der Waals surface area contributed by atoms with Crippen LogP contribution in [0.15, 0.2) is 48.6 Å². The van der Waals surface area contributed by atoms with Crippen LogP contribution in [0.1, 0.15) is 25.5 Å². The molecular formula is C15H16N4O2S. The fourth-order valence-electron chi connectivity index (χ4n) is 1.93. The molecule has 22 heavy (non-hydrogen) atoms. The minimum absolute atomic E-state index is 0.207. The molecule has 3 heterocycles. The van der Waals surface area contributed by atoms with Crippen LogP contribution in [-0.2, 0) is 4.79 Å². The SMILES string of the molecule is CC(=O)O.CC(c1cccnc1)n1ccnc1-c1cncs1. The Morgan fingerprint density at radius 2 is 2.09 bits per heavy atom. The van der Waals surface area contributed by atoms with Crippen molar-refractivity contribution in [2.75, 3.05) is 0 Å². The van der Waals surface area contributed by atoms with Crippen molar-refractivity contribution in [2.24, 2.45) is 0 Å². The molecule has 1 atom stereocenters. The third-order valence-electron chi connectivity index (χ3n) is 2.91. The first kappa shape index (κ1) is 15.8. The number of aromatic nitrogens is 4. The number of rotatable bonds is 3. The Hall–Kier alpha value is -2.54. The molecule has 0 spiro atoms. The molecule has 0 fully saturated rings. The van der Waals surface area contributed by atoms with Crippen LogP contribution in [0.3, 0.4) is 0 Å². The lowest BCUT2D eigenvalue weighted by molar-refractivity contribution is -0.134. The minimum atomic E-state index is -0.833. The summed E-state index contributed by atoms with van der Waals surface area (Å²) in [5.41, 5.74) is 2.99. The monoisotopic (exact) mass is 316 g/mol. The van der Waals surface area contributed by atoms with Gasteiger partial charge < -0.3 is 9.67 Å². The highest BCUT2D eigenvalue weighted by Crippen LogP contribution is 2.26. The fraction of sp³-hybridized carbons (Fsp3) is 0.200. The summed E-state index contributed by atoms with van der Waals surface area (Å²) < 4.78 is 2.14. The van der Waals surface area contributed by atoms with Crippen molar-refractivity contribution >= 4 is 17.3 Å². The molecule has 1 N–H and O–H groups in total. The Labute approximate surface area is 132 Å². The summed E-state index contributed by atoms with van der Waals surface area (Å²) >= 11 is 1.60. The number of imidazole rings is 1. The van der Waals surface area contributed by atoms with Crippen LogP contribution in [0.25, 0.3) is 10.7 Å². The highest BCUT2D eigenvalue weighted by atomic mass is 32.1. The highest BCUT2D eigenvalue weighted by molar-refractivity contribution is 7.13. The quantitative estimate of drug-likeness (QED) is 0.803. The first-order valence-electron chi connectivity index (χ1n) is 6.60. The van der Waals surface area contributed by atoms with Crippen LogP contribution in [0.5, 0.6) is 0 Å². The van der Waals surface area contributed by atoms with E-state index in [1.54, 1.807) is 17.5 Å². The van der Waals surface area contributed by atoms with Gasteiger partial charge >= 0.3 is 0 Å². The van der Waals surface area contributed by atoms with Gasteiger partial charge in [-0.3, -0.25) is 14.8 Å². The predicted octanol–water partition coefficient (Wildman–Crippen LogP) is 3.10. The van der Waals surface area contributed by atoms with E-state index >= 15 is 0 Å². The summed E-state index contributed by atoms with van der Waals surface area (Å²) in [6.45, 7) is 3.23. The standard InChI is InChI=1S/C13H12N4S.C2H4O2/c1-10(11-3-2-4-14-7-11)17-6-5-16-13(17)12-8-15-9-18-12;1-2(3)4/h2-10H,1H3;1H3,(H,3,4). The summed E-state index contributed by atoms with van der Waals surface area (Å²) in [5, 5.41) is 7.42. The lowest BCUT2D eigenvalue weighted by Crippen LogP contribution is -2.07. The Morgan fingerprint density at radius 1 is 1.32 bits per heavy atom. The zero-order chi connectivity index (χ0) is 15.9. The predicted molar refractivity (Wildman–Crippen MR) is 84.7 cm³/mol. The summed E-state index contributed by atoms with van der Waals surface area (Å²) in [5.74, 6) is 0.119. The molecule has 6 nitrogen and oxygen atoms in total. The lowest BCUT2D eigenvalue weighted by Gasteiger charge is -2.15. The number of hydrogen-bond donors (Lipinski definition) is 1. The number of carboxylic acids is 1. The number of thiazole rings is 1. The van der Waals surface area contributed by atoms with Crippen molar-refractivity contribution < 1.29 is 9.90 Å². The smallest absolute Gasteiger partial charge is 0.300 e. The molecule has 0 aliphatic heterocycles. The molecule has 3 aromatic rings. The Morgan fingerprint density at radius 3 is 2.68 bits per heavy atom. The Bertz CT molecular complexity index is 706. The maximum Gasteiger partial charge on any atom is 0.300 e. The van der Waals surface area contributed by atoms with Gasteiger partial charge in [-0.2, -0.15) is 0 Å². The fourth-order valence-corrected chi connectivity index (χ4v) is 2.55. The number of aliphatic carboxylic acids is 1. The third-order valence-corrected chi connectivity index (χ3v) is 3.67. The van der Waals surface area contributed by atoms with Gasteiger partial charge in [-0.15, -0.1) is 11.3 Å². The number of carbonyl (C=O) groups is 1. The largest absolute Gasteiger partial charge is 0.481 e. The van der Waals surface area contributed by atoms with Gasteiger partial charge in [-0.1, -0.05) is 6.07 Å². The van der Waals surface area contributed by atoms with Crippen LogP contribution in [0.2, 0.25) is 0 Å². The van der Waals surface area contributed by atoms with Crippen molar-refractivity contribution in [3.63, 3.8) is 0 Å². The maximum atomic E-state index is 9.00. The average Bonchev–Trinajstić information content (AvgIpc) is 3.17. The summed E-state index contributed by atoms with van der Waals surface area (Å²) in [7, 11) is 0. The van der Waals surface area contributed by atoms with E-state index in [4.69, 9.17) is 9.90 Å². The normalized spacial score (nSPS) is 11.4. The number of carboxylic acid groups (broad SMARTS) is 1. The molecular weight excluding hydrogens is 300 g/mol. The Balaban J connectivity index is 0.000000396. The second-order valence-electron chi connectivity index (χ2n) is 4.51. The molecule has 7 heteroatoms. The molecule has 0 bridgehead atoms. The molecule has 0 radical (unpaired) electrons. The topological polar surface area (TPSA) is 80.9 Å². The van der Waals surface area contributed by atoms with Crippen LogP contribution in [0.4, 0.5) is 0 Å². The molecule has 1 unspecified atom stereocenters. The zero-order valence-corrected chi connectivity index (χ0v) is 13.1. The van der Waals surface area contributed by atoms with E-state index < -0.39 is 5.97 Å². The molecule has 0 aliphatic rings. The van der Waals surface area contributed by atoms with Gasteiger partial charge in [0.2, 0.25) is 0 Å². The molecule has 0 aromatic carbocycles. The minimum Gasteiger partial charge on any atom is -0.481 e. The van der Waals surface area contributed by atoms with Crippen LogP contribution >= 0.6 is 11.3 Å². The van der Waals surface area contributed by atoms with Crippen LogP contribution < -0.4 is 0 Å². The summed E-state index contributed by atoms with van der Waals surface area (Å²) in [6, 6.07) is 4.24. The van der Waals surface area contributed by atoms with Crippen molar-refractivity contribution in [3.8, 4) is 10.7 Å². The van der Waals surface area contributed by atoms with E-state index in [0.717, 1.165) is 17.6 Å². The van der Waals surface area contributed by atoms with Gasteiger partial charge in [0.1, 0.15) is 0 Å². The first-order chi connectivity index (χ1) is 10.6. The Kier molecular flexibility index (Phi) is 5.37. The molecule has 0 amide bonds. The number of hydrogen-bond acceptors (Lipinski definition) is 5. The third kappa shape index (κ3) is 3.98. The number of pyridine rings is 1. The maximum absolute atomic E-state index is 9.00. The van der Waals surface area contributed by atoms with Crippen LogP contribution in [0, 0.1) is 0 Å². The molecule has 114 valence electrons. The molecule has 0 saturated heterocycles. The van der Waals surface area contributed by atoms with Gasteiger partial charge in [-0.05, 0) is 18.6 Å². The van der Waals surface area contributed by atoms with E-state index in [0.29, 0.717) is 0 Å². The van der Waals surface area contributed by atoms with Crippen molar-refractivity contribution in [1.82, 2.24) is 19.5 Å². The lowest BCUT2D eigenvalue weighted by atomic mass is 10.1. The van der Waals surface area contributed by atoms with Gasteiger partial charge in [0.25, 0.3) is 5.97 Å². The van der Waals surface area contributed by atoms with E-state index in [1.165, 1.54) is 5.56 Å². The van der Waals surface area contributed by atoms with E-state index in [2.05, 4.69) is 32.5 Å². The molecule has 3 aromatic heterocycles. The van der Waals surface area contributed by atoms with Crippen molar-refractivity contribution in [1.29, 1.82) is 0 Å². The van der Waals surface area contributed by atoms with E-state index in [9.17, 15) is 0 Å². The highest BCUT2D eigenvalue weighted by Gasteiger charge is 2.14. The zero-order valence-electron chi connectivity index (χ0n) is 12.2. The van der Waals surface area contributed by atoms with Gasteiger partial charge in [0.15, 0.2) is 5.82 Å². The summed E-state index contributed by atoms with van der Waals surface area (Å²) in [6.07, 6.45) is 9.34. The summed E-state index contributed by atoms with van der Waals surface area (Å²) in [4.78, 5) is 22.8. The first-order valence-corrected chi connectivity index (χ1v) is 7.48. The van der Waals surface area contributed by atoms with E-state index in [-0.39, 0.29) is 6.04 Å². The molecule has 0 aliphatic carbocycles. The van der Waals surface area contributed by atoms with Gasteiger partial charge in [0, 0.05) is 37.9 Å². The average molecular weight is 316 g/mol.